The van der Waals surface area contributed by atoms with E-state index >= 15 is 0 Å². The van der Waals surface area contributed by atoms with Crippen LogP contribution in [0.3, 0.4) is 0 Å². The Hall–Kier alpha value is -1.87. The fraction of sp³-hybridized carbons (Fsp3) is 0.522. The quantitative estimate of drug-likeness (QED) is 0.463. The van der Waals surface area contributed by atoms with Gasteiger partial charge < -0.3 is 0 Å². The second-order valence-corrected chi connectivity index (χ2v) is 7.65. The molecule has 140 valence electrons. The van der Waals surface area contributed by atoms with Crippen molar-refractivity contribution in [1.82, 2.24) is 5.06 Å². The minimum absolute atomic E-state index is 0.0496. The number of hydrogen-bond donors (Lipinski definition) is 1. The van der Waals surface area contributed by atoms with Crippen molar-refractivity contribution in [2.45, 2.75) is 76.7 Å². The summed E-state index contributed by atoms with van der Waals surface area (Å²) in [5.41, 5.74) is 1.25. The summed E-state index contributed by atoms with van der Waals surface area (Å²) in [6, 6.07) is 14.7. The van der Waals surface area contributed by atoms with E-state index in [1.165, 1.54) is 48.4 Å². The monoisotopic (exact) mass is 353 g/mol. The lowest BCUT2D eigenvalue weighted by Gasteiger charge is -2.35. The molecule has 0 aliphatic carbocycles. The third-order valence-corrected chi connectivity index (χ3v) is 5.73. The van der Waals surface area contributed by atoms with Crippen LogP contribution in [0.1, 0.15) is 76.2 Å². The summed E-state index contributed by atoms with van der Waals surface area (Å²) in [4.78, 5) is 12.4. The molecular formula is C23H31NO2. The molecular weight excluding hydrogens is 322 g/mol. The van der Waals surface area contributed by atoms with Gasteiger partial charge in [-0.25, -0.2) is 5.06 Å². The molecule has 0 spiro atoms. The number of hydroxylamine groups is 2. The van der Waals surface area contributed by atoms with E-state index in [0.29, 0.717) is 6.42 Å². The first-order valence-electron chi connectivity index (χ1n) is 10.2. The predicted molar refractivity (Wildman–Crippen MR) is 106 cm³/mol. The van der Waals surface area contributed by atoms with Gasteiger partial charge in [0.25, 0.3) is 0 Å². The van der Waals surface area contributed by atoms with E-state index in [0.717, 1.165) is 24.3 Å². The molecule has 1 fully saturated rings. The fourth-order valence-electron chi connectivity index (χ4n) is 4.26. The first-order valence-corrected chi connectivity index (χ1v) is 10.2. The smallest absolute Gasteiger partial charge is 0.246 e. The highest BCUT2D eigenvalue weighted by molar-refractivity contribution is 5.87. The standard InChI is InChI=1S/C23H31NO2/c1-2-3-4-5-6-7-13-20-16-19(17-23(25)24(20)26)22-15-10-12-18-11-8-9-14-21(18)22/h8-12,14-15,19-20,26H,2-7,13,16-17H2,1H3/t19-,20+/m1/s1. The van der Waals surface area contributed by atoms with Crippen LogP contribution in [-0.2, 0) is 4.79 Å². The first-order chi connectivity index (χ1) is 12.7. The van der Waals surface area contributed by atoms with Gasteiger partial charge in [-0.2, -0.15) is 0 Å². The highest BCUT2D eigenvalue weighted by atomic mass is 16.5. The van der Waals surface area contributed by atoms with Crippen LogP contribution in [-0.4, -0.2) is 22.2 Å². The molecule has 1 N–H and O–H groups in total. The third-order valence-electron chi connectivity index (χ3n) is 5.73. The van der Waals surface area contributed by atoms with Gasteiger partial charge in [-0.15, -0.1) is 0 Å². The van der Waals surface area contributed by atoms with Crippen LogP contribution in [0.5, 0.6) is 0 Å². The van der Waals surface area contributed by atoms with Gasteiger partial charge in [-0.1, -0.05) is 87.9 Å². The summed E-state index contributed by atoms with van der Waals surface area (Å²) in [6.45, 7) is 2.23. The van der Waals surface area contributed by atoms with E-state index < -0.39 is 0 Å². The molecule has 1 saturated heterocycles. The maximum Gasteiger partial charge on any atom is 0.246 e. The second-order valence-electron chi connectivity index (χ2n) is 7.65. The zero-order valence-corrected chi connectivity index (χ0v) is 15.9. The average Bonchev–Trinajstić information content (AvgIpc) is 2.67. The minimum Gasteiger partial charge on any atom is -0.286 e. The molecule has 1 aliphatic rings. The number of fused-ring (bicyclic) bond motifs is 1. The van der Waals surface area contributed by atoms with E-state index in [2.05, 4.69) is 49.4 Å². The summed E-state index contributed by atoms with van der Waals surface area (Å²) < 4.78 is 0. The van der Waals surface area contributed by atoms with E-state index in [4.69, 9.17) is 0 Å². The number of rotatable bonds is 8. The molecule has 26 heavy (non-hydrogen) atoms. The van der Waals surface area contributed by atoms with Crippen molar-refractivity contribution in [2.75, 3.05) is 0 Å². The van der Waals surface area contributed by atoms with Gasteiger partial charge in [0.2, 0.25) is 5.91 Å². The van der Waals surface area contributed by atoms with Crippen LogP contribution >= 0.6 is 0 Å². The second kappa shape index (κ2) is 9.18. The molecule has 0 unspecified atom stereocenters. The highest BCUT2D eigenvalue weighted by Gasteiger charge is 2.34. The summed E-state index contributed by atoms with van der Waals surface area (Å²) >= 11 is 0. The number of benzene rings is 2. The van der Waals surface area contributed by atoms with E-state index in [1.807, 2.05) is 0 Å². The Morgan fingerprint density at radius 1 is 1.00 bits per heavy atom. The lowest BCUT2D eigenvalue weighted by molar-refractivity contribution is -0.184. The van der Waals surface area contributed by atoms with Crippen LogP contribution in [0.4, 0.5) is 0 Å². The molecule has 0 bridgehead atoms. The first kappa shape index (κ1) is 18.9. The number of carbonyl (C=O) groups is 1. The van der Waals surface area contributed by atoms with Crippen LogP contribution < -0.4 is 0 Å². The van der Waals surface area contributed by atoms with E-state index in [-0.39, 0.29) is 17.9 Å². The van der Waals surface area contributed by atoms with Crippen molar-refractivity contribution in [3.05, 3.63) is 48.0 Å². The predicted octanol–water partition coefficient (Wildman–Crippen LogP) is 6.05. The highest BCUT2D eigenvalue weighted by Crippen LogP contribution is 2.36. The molecule has 3 nitrogen and oxygen atoms in total. The molecule has 0 saturated carbocycles. The van der Waals surface area contributed by atoms with Gasteiger partial charge in [-0.05, 0) is 35.1 Å². The lowest BCUT2D eigenvalue weighted by atomic mass is 9.82. The van der Waals surface area contributed by atoms with Gasteiger partial charge >= 0.3 is 0 Å². The lowest BCUT2D eigenvalue weighted by Crippen LogP contribution is -2.43. The Morgan fingerprint density at radius 2 is 1.73 bits per heavy atom. The summed E-state index contributed by atoms with van der Waals surface area (Å²) in [6.07, 6.45) is 9.54. The zero-order chi connectivity index (χ0) is 18.4. The number of hydrogen-bond acceptors (Lipinski definition) is 2. The fourth-order valence-corrected chi connectivity index (χ4v) is 4.26. The van der Waals surface area contributed by atoms with Crippen LogP contribution in [0.15, 0.2) is 42.5 Å². The number of piperidine rings is 1. The van der Waals surface area contributed by atoms with Crippen LogP contribution in [0.2, 0.25) is 0 Å². The molecule has 3 heteroatoms. The average molecular weight is 354 g/mol. The van der Waals surface area contributed by atoms with Crippen molar-refractivity contribution in [3.8, 4) is 0 Å². The molecule has 2 atom stereocenters. The maximum atomic E-state index is 12.4. The summed E-state index contributed by atoms with van der Waals surface area (Å²) in [5.74, 6) is 0.0623. The van der Waals surface area contributed by atoms with Gasteiger partial charge in [-0.3, -0.25) is 10.0 Å². The Morgan fingerprint density at radius 3 is 2.58 bits per heavy atom. The molecule has 1 heterocycles. The van der Waals surface area contributed by atoms with Crippen LogP contribution in [0, 0.1) is 0 Å². The Bertz CT molecular complexity index is 722. The third kappa shape index (κ3) is 4.45. The maximum absolute atomic E-state index is 12.4. The number of unbranched alkanes of at least 4 members (excludes halogenated alkanes) is 5. The molecule has 1 amide bonds. The molecule has 3 rings (SSSR count). The molecule has 0 aromatic heterocycles. The number of nitrogens with zero attached hydrogens (tertiary/aromatic N) is 1. The summed E-state index contributed by atoms with van der Waals surface area (Å²) in [5, 5.41) is 13.7. The van der Waals surface area contributed by atoms with E-state index in [1.54, 1.807) is 0 Å². The largest absolute Gasteiger partial charge is 0.286 e. The van der Waals surface area contributed by atoms with Crippen molar-refractivity contribution in [3.63, 3.8) is 0 Å². The SMILES string of the molecule is CCCCCCCC[C@H]1C[C@@H](c2cccc3ccccc23)CC(=O)N1O. The van der Waals surface area contributed by atoms with Gasteiger partial charge in [0.1, 0.15) is 0 Å². The van der Waals surface area contributed by atoms with Crippen LogP contribution in [0.25, 0.3) is 10.8 Å². The van der Waals surface area contributed by atoms with Crippen molar-refractivity contribution in [1.29, 1.82) is 0 Å². The number of carbonyl (C=O) groups excluding carboxylic acids is 1. The van der Waals surface area contributed by atoms with Crippen molar-refractivity contribution >= 4 is 16.7 Å². The van der Waals surface area contributed by atoms with Gasteiger partial charge in [0.05, 0.1) is 6.04 Å². The molecule has 2 aromatic rings. The van der Waals surface area contributed by atoms with Gasteiger partial charge in [0, 0.05) is 6.42 Å². The normalized spacial score (nSPS) is 20.7. The Balaban J connectivity index is 1.66. The van der Waals surface area contributed by atoms with Crippen molar-refractivity contribution < 1.29 is 10.0 Å². The molecule has 0 radical (unpaired) electrons. The van der Waals surface area contributed by atoms with Crippen molar-refractivity contribution in [2.24, 2.45) is 0 Å². The molecule has 2 aromatic carbocycles. The van der Waals surface area contributed by atoms with Gasteiger partial charge in [0.15, 0.2) is 0 Å². The molecule has 1 aliphatic heterocycles. The zero-order valence-electron chi connectivity index (χ0n) is 15.9. The Labute approximate surface area is 157 Å². The number of amides is 1. The minimum atomic E-state index is -0.134. The Kier molecular flexibility index (Phi) is 6.67. The topological polar surface area (TPSA) is 40.5 Å². The van der Waals surface area contributed by atoms with E-state index in [9.17, 15) is 10.0 Å². The summed E-state index contributed by atoms with van der Waals surface area (Å²) in [7, 11) is 0.